The Balaban J connectivity index is 2.87. The normalized spacial score (nSPS) is 12.8. The Bertz CT molecular complexity index is 350. The molecule has 0 spiro atoms. The molecule has 0 radical (unpaired) electrons. The van der Waals surface area contributed by atoms with Crippen molar-refractivity contribution >= 4 is 5.97 Å². The van der Waals surface area contributed by atoms with Gasteiger partial charge in [0.15, 0.2) is 0 Å². The van der Waals surface area contributed by atoms with E-state index >= 15 is 0 Å². The van der Waals surface area contributed by atoms with Gasteiger partial charge in [0.2, 0.25) is 6.43 Å². The maximum absolute atomic E-state index is 12.1. The van der Waals surface area contributed by atoms with Crippen LogP contribution in [0.5, 0.6) is 0 Å². The molecular formula is C11H12F2O2. The van der Waals surface area contributed by atoms with E-state index in [1.807, 2.05) is 0 Å². The van der Waals surface area contributed by atoms with Crippen molar-refractivity contribution in [2.45, 2.75) is 25.7 Å². The number of carboxylic acid groups (broad SMARTS) is 1. The van der Waals surface area contributed by atoms with Crippen molar-refractivity contribution in [3.05, 3.63) is 35.4 Å². The third kappa shape index (κ3) is 3.31. The number of hydrogen-bond donors (Lipinski definition) is 1. The Morgan fingerprint density at radius 2 is 2.13 bits per heavy atom. The molecule has 0 aromatic heterocycles. The maximum atomic E-state index is 12.1. The van der Waals surface area contributed by atoms with Gasteiger partial charge in [-0.2, -0.15) is 0 Å². The monoisotopic (exact) mass is 214 g/mol. The molecule has 15 heavy (non-hydrogen) atoms. The maximum Gasteiger partial charge on any atom is 0.310 e. The molecule has 0 heterocycles. The first-order valence-corrected chi connectivity index (χ1v) is 4.60. The summed E-state index contributed by atoms with van der Waals surface area (Å²) in [6.07, 6.45) is -2.74. The molecule has 1 rings (SSSR count). The van der Waals surface area contributed by atoms with Crippen LogP contribution in [-0.2, 0) is 11.2 Å². The van der Waals surface area contributed by atoms with Gasteiger partial charge in [-0.25, -0.2) is 8.78 Å². The lowest BCUT2D eigenvalue weighted by Gasteiger charge is -2.08. The van der Waals surface area contributed by atoms with Gasteiger partial charge in [0.25, 0.3) is 0 Å². The van der Waals surface area contributed by atoms with Gasteiger partial charge in [-0.3, -0.25) is 4.79 Å². The van der Waals surface area contributed by atoms with Crippen LogP contribution in [-0.4, -0.2) is 17.5 Å². The number of hydrogen-bond acceptors (Lipinski definition) is 1. The highest BCUT2D eigenvalue weighted by Crippen LogP contribution is 2.18. The highest BCUT2D eigenvalue weighted by atomic mass is 19.3. The van der Waals surface area contributed by atoms with E-state index in [-0.39, 0.29) is 6.42 Å². The average Bonchev–Trinajstić information content (AvgIpc) is 2.16. The number of rotatable bonds is 4. The van der Waals surface area contributed by atoms with Crippen molar-refractivity contribution < 1.29 is 18.7 Å². The van der Waals surface area contributed by atoms with Gasteiger partial charge in [-0.05, 0) is 18.1 Å². The molecule has 2 nitrogen and oxygen atoms in total. The summed E-state index contributed by atoms with van der Waals surface area (Å²) in [6, 6.07) is 6.33. The fourth-order valence-electron chi connectivity index (χ4n) is 1.31. The van der Waals surface area contributed by atoms with Gasteiger partial charge in [0.05, 0.1) is 5.92 Å². The lowest BCUT2D eigenvalue weighted by molar-refractivity contribution is -0.138. The molecule has 0 fully saturated rings. The lowest BCUT2D eigenvalue weighted by atomic mass is 9.98. The number of aliphatic carboxylic acids is 1. The van der Waals surface area contributed by atoms with Gasteiger partial charge in [-0.15, -0.1) is 0 Å². The zero-order valence-corrected chi connectivity index (χ0v) is 8.28. The van der Waals surface area contributed by atoms with E-state index in [1.54, 1.807) is 18.2 Å². The van der Waals surface area contributed by atoms with Crippen LogP contribution in [0.3, 0.4) is 0 Å². The van der Waals surface area contributed by atoms with Crippen LogP contribution in [0, 0.1) is 0 Å². The highest BCUT2D eigenvalue weighted by Gasteiger charge is 2.14. The highest BCUT2D eigenvalue weighted by molar-refractivity contribution is 5.75. The minimum Gasteiger partial charge on any atom is -0.481 e. The van der Waals surface area contributed by atoms with Crippen LogP contribution >= 0.6 is 0 Å². The van der Waals surface area contributed by atoms with Crippen LogP contribution in [0.1, 0.15) is 24.0 Å². The second-order valence-corrected chi connectivity index (χ2v) is 3.40. The Morgan fingerprint density at radius 3 is 2.67 bits per heavy atom. The zero-order chi connectivity index (χ0) is 11.4. The van der Waals surface area contributed by atoms with Crippen molar-refractivity contribution in [3.63, 3.8) is 0 Å². The minimum atomic E-state index is -2.40. The summed E-state index contributed by atoms with van der Waals surface area (Å²) in [5.41, 5.74) is 1.02. The van der Waals surface area contributed by atoms with E-state index in [2.05, 4.69) is 0 Å². The molecule has 1 unspecified atom stereocenters. The molecule has 0 aliphatic heterocycles. The predicted molar refractivity (Wildman–Crippen MR) is 52.2 cm³/mol. The molecule has 1 aromatic rings. The summed E-state index contributed by atoms with van der Waals surface area (Å²) in [5.74, 6) is -1.62. The van der Waals surface area contributed by atoms with Crippen molar-refractivity contribution in [1.82, 2.24) is 0 Å². The van der Waals surface area contributed by atoms with Crippen molar-refractivity contribution in [2.75, 3.05) is 0 Å². The lowest BCUT2D eigenvalue weighted by Crippen LogP contribution is -2.08. The van der Waals surface area contributed by atoms with E-state index < -0.39 is 18.3 Å². The second-order valence-electron chi connectivity index (χ2n) is 3.40. The predicted octanol–water partition coefficient (Wildman–Crippen LogP) is 2.68. The molecule has 1 N–H and O–H groups in total. The van der Waals surface area contributed by atoms with E-state index in [9.17, 15) is 13.6 Å². The topological polar surface area (TPSA) is 37.3 Å². The number of benzene rings is 1. The second kappa shape index (κ2) is 4.87. The molecule has 4 heteroatoms. The van der Waals surface area contributed by atoms with Gasteiger partial charge < -0.3 is 5.11 Å². The summed E-state index contributed by atoms with van der Waals surface area (Å²) < 4.78 is 24.2. The number of carboxylic acids is 1. The van der Waals surface area contributed by atoms with Crippen molar-refractivity contribution in [3.8, 4) is 0 Å². The average molecular weight is 214 g/mol. The summed E-state index contributed by atoms with van der Waals surface area (Å²) in [7, 11) is 0. The first-order valence-electron chi connectivity index (χ1n) is 4.60. The van der Waals surface area contributed by atoms with Crippen LogP contribution in [0.25, 0.3) is 0 Å². The standard InChI is InChI=1S/C11H12F2O2/c1-7(11(14)15)9-4-2-3-8(5-9)6-10(12)13/h2-5,7,10H,6H2,1H3,(H,14,15). The van der Waals surface area contributed by atoms with Crippen molar-refractivity contribution in [2.24, 2.45) is 0 Å². The molecule has 82 valence electrons. The summed E-state index contributed by atoms with van der Waals surface area (Å²) >= 11 is 0. The smallest absolute Gasteiger partial charge is 0.310 e. The fraction of sp³-hybridized carbons (Fsp3) is 0.364. The van der Waals surface area contributed by atoms with E-state index in [4.69, 9.17) is 5.11 Å². The summed E-state index contributed by atoms with van der Waals surface area (Å²) in [4.78, 5) is 10.7. The molecular weight excluding hydrogens is 202 g/mol. The molecule has 0 aliphatic carbocycles. The Hall–Kier alpha value is -1.45. The third-order valence-electron chi connectivity index (χ3n) is 2.21. The van der Waals surface area contributed by atoms with Crippen LogP contribution in [0.15, 0.2) is 24.3 Å². The zero-order valence-electron chi connectivity index (χ0n) is 8.28. The van der Waals surface area contributed by atoms with E-state index in [0.717, 1.165) is 0 Å². The number of carbonyl (C=O) groups is 1. The molecule has 0 bridgehead atoms. The van der Waals surface area contributed by atoms with Gasteiger partial charge in [-0.1, -0.05) is 24.3 Å². The van der Waals surface area contributed by atoms with E-state index in [1.165, 1.54) is 13.0 Å². The SMILES string of the molecule is CC(C(=O)O)c1cccc(CC(F)F)c1. The molecule has 0 amide bonds. The Morgan fingerprint density at radius 1 is 1.47 bits per heavy atom. The molecule has 0 saturated heterocycles. The van der Waals surface area contributed by atoms with Crippen LogP contribution in [0.4, 0.5) is 8.78 Å². The third-order valence-corrected chi connectivity index (χ3v) is 2.21. The largest absolute Gasteiger partial charge is 0.481 e. The van der Waals surface area contributed by atoms with Gasteiger partial charge in [0.1, 0.15) is 0 Å². The Labute approximate surface area is 86.5 Å². The van der Waals surface area contributed by atoms with Gasteiger partial charge >= 0.3 is 5.97 Å². The van der Waals surface area contributed by atoms with Crippen molar-refractivity contribution in [1.29, 1.82) is 0 Å². The molecule has 0 aliphatic rings. The summed E-state index contributed by atoms with van der Waals surface area (Å²) in [6.45, 7) is 1.53. The minimum absolute atomic E-state index is 0.333. The molecule has 1 atom stereocenters. The van der Waals surface area contributed by atoms with Crippen LogP contribution < -0.4 is 0 Å². The van der Waals surface area contributed by atoms with E-state index in [0.29, 0.717) is 11.1 Å². The number of alkyl halides is 2. The first kappa shape index (κ1) is 11.6. The van der Waals surface area contributed by atoms with Gasteiger partial charge in [0, 0.05) is 6.42 Å². The molecule has 0 saturated carbocycles. The fourth-order valence-corrected chi connectivity index (χ4v) is 1.31. The molecule has 1 aromatic carbocycles. The number of halogens is 2. The quantitative estimate of drug-likeness (QED) is 0.836. The summed E-state index contributed by atoms with van der Waals surface area (Å²) in [5, 5.41) is 8.76. The Kier molecular flexibility index (Phi) is 3.77. The van der Waals surface area contributed by atoms with Crippen LogP contribution in [0.2, 0.25) is 0 Å². The first-order chi connectivity index (χ1) is 7.00.